The number of ether oxygens (including phenoxy) is 1. The van der Waals surface area contributed by atoms with Gasteiger partial charge in [0.25, 0.3) is 10.2 Å². The maximum absolute atomic E-state index is 12.0. The smallest absolute Gasteiger partial charge is 0.279 e. The number of rotatable bonds is 7. The lowest BCUT2D eigenvalue weighted by atomic mass is 10.1. The molecule has 112 valence electrons. The van der Waals surface area contributed by atoms with Crippen LogP contribution in [0.4, 0.5) is 0 Å². The van der Waals surface area contributed by atoms with E-state index < -0.39 is 10.2 Å². The van der Waals surface area contributed by atoms with Gasteiger partial charge >= 0.3 is 0 Å². The molecule has 1 atom stereocenters. The molecule has 7 heteroatoms. The van der Waals surface area contributed by atoms with E-state index in [0.29, 0.717) is 19.5 Å². The van der Waals surface area contributed by atoms with Crippen LogP contribution in [0.25, 0.3) is 0 Å². The van der Waals surface area contributed by atoms with Crippen LogP contribution in [0.15, 0.2) is 24.3 Å². The molecule has 3 N–H and O–H groups in total. The van der Waals surface area contributed by atoms with Crippen LogP contribution in [0, 0.1) is 0 Å². The predicted octanol–water partition coefficient (Wildman–Crippen LogP) is 0.105. The molecule has 0 bridgehead atoms. The maximum Gasteiger partial charge on any atom is 0.279 e. The number of hydrogen-bond donors (Lipinski definition) is 2. The zero-order valence-electron chi connectivity index (χ0n) is 11.6. The lowest BCUT2D eigenvalue weighted by molar-refractivity contribution is 0.235. The molecular weight excluding hydrogens is 278 g/mol. The molecule has 0 spiro atoms. The molecule has 0 saturated heterocycles. The number of para-hydroxylation sites is 1. The summed E-state index contributed by atoms with van der Waals surface area (Å²) in [6, 6.07) is 7.76. The number of nitrogens with zero attached hydrogens (tertiary/aromatic N) is 1. The zero-order chi connectivity index (χ0) is 14.6. The number of nitrogens with one attached hydrogen (secondary N) is 1. The minimum absolute atomic E-state index is 0.148. The molecule has 0 aromatic heterocycles. The van der Waals surface area contributed by atoms with Crippen molar-refractivity contribution in [2.24, 2.45) is 5.73 Å². The fraction of sp³-hybridized carbons (Fsp3) is 0.538. The third-order valence-corrected chi connectivity index (χ3v) is 4.83. The fourth-order valence-electron chi connectivity index (χ4n) is 2.11. The van der Waals surface area contributed by atoms with Gasteiger partial charge < -0.3 is 10.5 Å². The minimum Gasteiger partial charge on any atom is -0.488 e. The molecule has 1 heterocycles. The van der Waals surface area contributed by atoms with E-state index in [1.807, 2.05) is 24.3 Å². The van der Waals surface area contributed by atoms with Gasteiger partial charge in [0.05, 0.1) is 0 Å². The van der Waals surface area contributed by atoms with Crippen molar-refractivity contribution in [2.75, 3.05) is 26.7 Å². The molecule has 1 aliphatic rings. The third kappa shape index (κ3) is 3.69. The highest BCUT2D eigenvalue weighted by Gasteiger charge is 2.25. The molecule has 0 aliphatic carbocycles. The van der Waals surface area contributed by atoms with Gasteiger partial charge in [0, 0.05) is 26.6 Å². The first kappa shape index (κ1) is 15.2. The second kappa shape index (κ2) is 6.53. The van der Waals surface area contributed by atoms with Crippen molar-refractivity contribution in [3.05, 3.63) is 29.8 Å². The van der Waals surface area contributed by atoms with Crippen LogP contribution in [0.5, 0.6) is 5.75 Å². The molecular formula is C13H21N3O3S. The second-order valence-electron chi connectivity index (χ2n) is 4.87. The van der Waals surface area contributed by atoms with Crippen LogP contribution >= 0.6 is 0 Å². The Balaban J connectivity index is 1.84. The van der Waals surface area contributed by atoms with Gasteiger partial charge in [-0.15, -0.1) is 0 Å². The SMILES string of the molecule is CN(CCCN)S(=O)(=O)NCC1Cc2ccccc2O1. The summed E-state index contributed by atoms with van der Waals surface area (Å²) in [5.74, 6) is 0.841. The van der Waals surface area contributed by atoms with Gasteiger partial charge in [0.15, 0.2) is 0 Å². The number of nitrogens with two attached hydrogens (primary N) is 1. The Hall–Kier alpha value is -1.15. The van der Waals surface area contributed by atoms with Crippen molar-refractivity contribution >= 4 is 10.2 Å². The highest BCUT2D eigenvalue weighted by Crippen LogP contribution is 2.27. The molecule has 1 aromatic rings. The Morgan fingerprint density at radius 2 is 2.20 bits per heavy atom. The van der Waals surface area contributed by atoms with Crippen LogP contribution in [0.1, 0.15) is 12.0 Å². The molecule has 2 rings (SSSR count). The summed E-state index contributed by atoms with van der Waals surface area (Å²) in [6.45, 7) is 1.16. The van der Waals surface area contributed by atoms with E-state index in [-0.39, 0.29) is 12.6 Å². The van der Waals surface area contributed by atoms with Gasteiger partial charge in [-0.25, -0.2) is 0 Å². The van der Waals surface area contributed by atoms with E-state index in [1.54, 1.807) is 7.05 Å². The summed E-state index contributed by atoms with van der Waals surface area (Å²) in [5, 5.41) is 0. The monoisotopic (exact) mass is 299 g/mol. The molecule has 1 unspecified atom stereocenters. The molecule has 6 nitrogen and oxygen atoms in total. The van der Waals surface area contributed by atoms with Crippen LogP contribution in [-0.2, 0) is 16.6 Å². The summed E-state index contributed by atoms with van der Waals surface area (Å²) in [6.07, 6.45) is 1.22. The van der Waals surface area contributed by atoms with Crippen LogP contribution in [-0.4, -0.2) is 45.5 Å². The van der Waals surface area contributed by atoms with E-state index >= 15 is 0 Å². The van der Waals surface area contributed by atoms with Crippen LogP contribution < -0.4 is 15.2 Å². The van der Waals surface area contributed by atoms with E-state index in [2.05, 4.69) is 4.72 Å². The standard InChI is InChI=1S/C13H21N3O3S/c1-16(8-4-7-14)20(17,18)15-10-12-9-11-5-2-3-6-13(11)19-12/h2-3,5-6,12,15H,4,7-10,14H2,1H3. The summed E-state index contributed by atoms with van der Waals surface area (Å²) in [5.41, 5.74) is 6.50. The van der Waals surface area contributed by atoms with Gasteiger partial charge in [-0.3, -0.25) is 0 Å². The highest BCUT2D eigenvalue weighted by molar-refractivity contribution is 7.87. The summed E-state index contributed by atoms with van der Waals surface area (Å²) < 4.78 is 33.5. The van der Waals surface area contributed by atoms with Gasteiger partial charge in [0.1, 0.15) is 11.9 Å². The summed E-state index contributed by atoms with van der Waals surface area (Å²) in [4.78, 5) is 0. The van der Waals surface area contributed by atoms with Crippen LogP contribution in [0.3, 0.4) is 0 Å². The van der Waals surface area contributed by atoms with Crippen molar-refractivity contribution in [3.63, 3.8) is 0 Å². The molecule has 0 saturated carbocycles. The van der Waals surface area contributed by atoms with Crippen LogP contribution in [0.2, 0.25) is 0 Å². The lowest BCUT2D eigenvalue weighted by Crippen LogP contribution is -2.43. The summed E-state index contributed by atoms with van der Waals surface area (Å²) in [7, 11) is -1.92. The first-order valence-corrected chi connectivity index (χ1v) is 8.12. The van der Waals surface area contributed by atoms with Crippen molar-refractivity contribution in [3.8, 4) is 5.75 Å². The molecule has 0 radical (unpaired) electrons. The number of fused-ring (bicyclic) bond motifs is 1. The number of hydrogen-bond acceptors (Lipinski definition) is 4. The lowest BCUT2D eigenvalue weighted by Gasteiger charge is -2.19. The quantitative estimate of drug-likeness (QED) is 0.748. The van der Waals surface area contributed by atoms with Crippen molar-refractivity contribution < 1.29 is 13.2 Å². The van der Waals surface area contributed by atoms with E-state index in [9.17, 15) is 8.42 Å². The normalized spacial score (nSPS) is 18.1. The van der Waals surface area contributed by atoms with Gasteiger partial charge in [-0.2, -0.15) is 17.4 Å². The second-order valence-corrected chi connectivity index (χ2v) is 6.73. The molecule has 1 aromatic carbocycles. The van der Waals surface area contributed by atoms with Gasteiger partial charge in [-0.05, 0) is 24.6 Å². The van der Waals surface area contributed by atoms with Crippen molar-refractivity contribution in [1.82, 2.24) is 9.03 Å². The molecule has 0 amide bonds. The van der Waals surface area contributed by atoms with Crippen molar-refractivity contribution in [1.29, 1.82) is 0 Å². The average molecular weight is 299 g/mol. The first-order chi connectivity index (χ1) is 9.53. The maximum atomic E-state index is 12.0. The van der Waals surface area contributed by atoms with Gasteiger partial charge in [-0.1, -0.05) is 18.2 Å². The Labute approximate surface area is 120 Å². The van der Waals surface area contributed by atoms with E-state index in [0.717, 1.165) is 17.7 Å². The summed E-state index contributed by atoms with van der Waals surface area (Å²) >= 11 is 0. The Morgan fingerprint density at radius 1 is 1.45 bits per heavy atom. The largest absolute Gasteiger partial charge is 0.488 e. The van der Waals surface area contributed by atoms with Crippen molar-refractivity contribution in [2.45, 2.75) is 18.9 Å². The Morgan fingerprint density at radius 3 is 2.90 bits per heavy atom. The average Bonchev–Trinajstić information content (AvgIpc) is 2.85. The zero-order valence-corrected chi connectivity index (χ0v) is 12.4. The molecule has 0 fully saturated rings. The topological polar surface area (TPSA) is 84.7 Å². The van der Waals surface area contributed by atoms with Gasteiger partial charge in [0.2, 0.25) is 0 Å². The minimum atomic E-state index is -3.46. The first-order valence-electron chi connectivity index (χ1n) is 6.68. The molecule has 1 aliphatic heterocycles. The Kier molecular flexibility index (Phi) is 4.98. The number of benzene rings is 1. The highest BCUT2D eigenvalue weighted by atomic mass is 32.2. The van der Waals surface area contributed by atoms with E-state index in [4.69, 9.17) is 10.5 Å². The van der Waals surface area contributed by atoms with E-state index in [1.165, 1.54) is 4.31 Å². The molecule has 20 heavy (non-hydrogen) atoms. The Bertz CT molecular complexity index is 523. The third-order valence-electron chi connectivity index (χ3n) is 3.29. The fourth-order valence-corrected chi connectivity index (χ4v) is 3.10. The predicted molar refractivity (Wildman–Crippen MR) is 77.8 cm³/mol.